The van der Waals surface area contributed by atoms with Gasteiger partial charge in [-0.15, -0.1) is 11.8 Å². The molecular formula is C23H22ClNO2S. The Balaban J connectivity index is 1.78. The van der Waals surface area contributed by atoms with E-state index in [0.717, 1.165) is 16.9 Å². The summed E-state index contributed by atoms with van der Waals surface area (Å²) in [5, 5.41) is 3.57. The first-order valence-electron chi connectivity index (χ1n) is 8.91. The molecule has 0 heterocycles. The third kappa shape index (κ3) is 4.89. The third-order valence-electron chi connectivity index (χ3n) is 4.47. The van der Waals surface area contributed by atoms with Crippen LogP contribution in [0.15, 0.2) is 65.6 Å². The van der Waals surface area contributed by atoms with Crippen LogP contribution in [0.2, 0.25) is 5.02 Å². The van der Waals surface area contributed by atoms with E-state index in [0.29, 0.717) is 22.0 Å². The number of amides is 1. The number of hydrogen-bond donors (Lipinski definition) is 1. The average Bonchev–Trinajstić information content (AvgIpc) is 2.70. The molecule has 5 heteroatoms. The summed E-state index contributed by atoms with van der Waals surface area (Å²) in [6.45, 7) is 3.96. The number of halogens is 1. The van der Waals surface area contributed by atoms with Crippen molar-refractivity contribution in [1.82, 2.24) is 0 Å². The van der Waals surface area contributed by atoms with Gasteiger partial charge in [-0.25, -0.2) is 0 Å². The van der Waals surface area contributed by atoms with Gasteiger partial charge in [0.2, 0.25) is 0 Å². The predicted molar refractivity (Wildman–Crippen MR) is 118 cm³/mol. The lowest BCUT2D eigenvalue weighted by Gasteiger charge is -2.13. The van der Waals surface area contributed by atoms with Crippen LogP contribution in [0.25, 0.3) is 0 Å². The monoisotopic (exact) mass is 411 g/mol. The summed E-state index contributed by atoms with van der Waals surface area (Å²) >= 11 is 7.86. The van der Waals surface area contributed by atoms with Crippen molar-refractivity contribution in [1.29, 1.82) is 0 Å². The molecule has 3 nitrogen and oxygen atoms in total. The van der Waals surface area contributed by atoms with Gasteiger partial charge in [-0.2, -0.15) is 0 Å². The largest absolute Gasteiger partial charge is 0.496 e. The van der Waals surface area contributed by atoms with Gasteiger partial charge in [0.05, 0.1) is 7.11 Å². The van der Waals surface area contributed by atoms with Crippen molar-refractivity contribution in [3.63, 3.8) is 0 Å². The molecule has 3 rings (SSSR count). The number of anilines is 1. The van der Waals surface area contributed by atoms with E-state index in [1.165, 1.54) is 10.5 Å². The summed E-state index contributed by atoms with van der Waals surface area (Å²) in [7, 11) is 1.64. The molecule has 144 valence electrons. The highest BCUT2D eigenvalue weighted by Gasteiger charge is 2.13. The Labute approximate surface area is 175 Å². The van der Waals surface area contributed by atoms with Crippen LogP contribution in [-0.2, 0) is 5.75 Å². The van der Waals surface area contributed by atoms with Crippen LogP contribution in [0.4, 0.5) is 5.69 Å². The van der Waals surface area contributed by atoms with Crippen LogP contribution in [0.3, 0.4) is 0 Å². The molecule has 3 aromatic carbocycles. The lowest BCUT2D eigenvalue weighted by Crippen LogP contribution is -2.13. The second-order valence-electron chi connectivity index (χ2n) is 6.49. The molecule has 0 saturated heterocycles. The maximum absolute atomic E-state index is 12.7. The third-order valence-corrected chi connectivity index (χ3v) is 5.94. The normalized spacial score (nSPS) is 10.6. The molecular weight excluding hydrogens is 390 g/mol. The highest BCUT2D eigenvalue weighted by atomic mass is 35.5. The van der Waals surface area contributed by atoms with Crippen LogP contribution in [-0.4, -0.2) is 13.0 Å². The van der Waals surface area contributed by atoms with E-state index in [1.54, 1.807) is 31.0 Å². The lowest BCUT2D eigenvalue weighted by molar-refractivity contribution is 0.102. The van der Waals surface area contributed by atoms with Crippen molar-refractivity contribution in [2.75, 3.05) is 12.4 Å². The zero-order valence-electron chi connectivity index (χ0n) is 16.1. The number of ether oxygens (including phenoxy) is 1. The fourth-order valence-corrected chi connectivity index (χ4v) is 3.82. The number of benzene rings is 3. The van der Waals surface area contributed by atoms with E-state index in [4.69, 9.17) is 16.3 Å². The van der Waals surface area contributed by atoms with E-state index >= 15 is 0 Å². The molecule has 0 unspecified atom stereocenters. The molecule has 28 heavy (non-hydrogen) atoms. The van der Waals surface area contributed by atoms with Crippen LogP contribution < -0.4 is 10.1 Å². The van der Waals surface area contributed by atoms with Gasteiger partial charge in [-0.1, -0.05) is 35.4 Å². The molecule has 0 aliphatic carbocycles. The number of carbonyl (C=O) groups is 1. The Morgan fingerprint density at radius 1 is 1.07 bits per heavy atom. The van der Waals surface area contributed by atoms with Crippen molar-refractivity contribution in [2.45, 2.75) is 24.5 Å². The summed E-state index contributed by atoms with van der Waals surface area (Å²) in [6, 6.07) is 19.4. The maximum atomic E-state index is 12.7. The standard InChI is InChI=1S/C23H22ClNO2S/c1-15-7-10-19(11-8-15)28-14-18-13-17(9-12-22(18)27-3)23(26)25-21-6-4-5-20(24)16(21)2/h4-13H,14H2,1-3H3,(H,25,26). The Morgan fingerprint density at radius 2 is 1.82 bits per heavy atom. The summed E-state index contributed by atoms with van der Waals surface area (Å²) in [6.07, 6.45) is 0. The number of carbonyl (C=O) groups excluding carboxylic acids is 1. The van der Waals surface area contributed by atoms with E-state index < -0.39 is 0 Å². The minimum absolute atomic E-state index is 0.172. The van der Waals surface area contributed by atoms with Gasteiger partial charge in [0.1, 0.15) is 5.75 Å². The first kappa shape index (κ1) is 20.3. The number of aryl methyl sites for hydroxylation is 1. The molecule has 1 N–H and O–H groups in total. The van der Waals surface area contributed by atoms with Crippen molar-refractivity contribution < 1.29 is 9.53 Å². The molecule has 0 saturated carbocycles. The van der Waals surface area contributed by atoms with E-state index in [2.05, 4.69) is 36.5 Å². The Morgan fingerprint density at radius 3 is 2.54 bits per heavy atom. The summed E-state index contributed by atoms with van der Waals surface area (Å²) in [4.78, 5) is 13.9. The molecule has 0 aliphatic heterocycles. The second-order valence-corrected chi connectivity index (χ2v) is 7.95. The van der Waals surface area contributed by atoms with E-state index in [1.807, 2.05) is 31.2 Å². The minimum atomic E-state index is -0.172. The Bertz CT molecular complexity index is 986. The highest BCUT2D eigenvalue weighted by molar-refractivity contribution is 7.98. The Hall–Kier alpha value is -2.43. The summed E-state index contributed by atoms with van der Waals surface area (Å²) < 4.78 is 5.48. The van der Waals surface area contributed by atoms with Gasteiger partial charge in [-0.05, 0) is 61.9 Å². The first-order valence-corrected chi connectivity index (χ1v) is 10.3. The molecule has 0 bridgehead atoms. The van der Waals surface area contributed by atoms with Crippen LogP contribution >= 0.6 is 23.4 Å². The number of nitrogens with one attached hydrogen (secondary N) is 1. The van der Waals surface area contributed by atoms with E-state index in [-0.39, 0.29) is 5.91 Å². The van der Waals surface area contributed by atoms with Crippen molar-refractivity contribution in [2.24, 2.45) is 0 Å². The second kappa shape index (κ2) is 9.18. The number of methoxy groups -OCH3 is 1. The molecule has 0 aliphatic rings. The number of thioether (sulfide) groups is 1. The molecule has 0 aromatic heterocycles. The van der Waals surface area contributed by atoms with Crippen LogP contribution in [0.5, 0.6) is 5.75 Å². The van der Waals surface area contributed by atoms with Crippen molar-refractivity contribution in [3.8, 4) is 5.75 Å². The number of rotatable bonds is 6. The average molecular weight is 412 g/mol. The molecule has 0 fully saturated rings. The maximum Gasteiger partial charge on any atom is 0.255 e. The molecule has 0 spiro atoms. The smallest absolute Gasteiger partial charge is 0.255 e. The molecule has 0 atom stereocenters. The minimum Gasteiger partial charge on any atom is -0.496 e. The van der Waals surface area contributed by atoms with Gasteiger partial charge >= 0.3 is 0 Å². The van der Waals surface area contributed by atoms with Gasteiger partial charge in [0, 0.05) is 32.5 Å². The van der Waals surface area contributed by atoms with Gasteiger partial charge in [0.15, 0.2) is 0 Å². The first-order chi connectivity index (χ1) is 13.5. The van der Waals surface area contributed by atoms with Crippen molar-refractivity contribution >= 4 is 35.0 Å². The number of hydrogen-bond acceptors (Lipinski definition) is 3. The topological polar surface area (TPSA) is 38.3 Å². The molecule has 3 aromatic rings. The van der Waals surface area contributed by atoms with Crippen LogP contribution in [0, 0.1) is 13.8 Å². The van der Waals surface area contributed by atoms with Gasteiger partial charge in [-0.3, -0.25) is 4.79 Å². The SMILES string of the molecule is COc1ccc(C(=O)Nc2cccc(Cl)c2C)cc1CSc1ccc(C)cc1. The van der Waals surface area contributed by atoms with Gasteiger partial charge < -0.3 is 10.1 Å². The fourth-order valence-electron chi connectivity index (χ4n) is 2.77. The predicted octanol–water partition coefficient (Wildman–Crippen LogP) is 6.51. The van der Waals surface area contributed by atoms with Crippen LogP contribution in [0.1, 0.15) is 27.0 Å². The molecule has 1 amide bonds. The zero-order valence-corrected chi connectivity index (χ0v) is 17.7. The summed E-state index contributed by atoms with van der Waals surface area (Å²) in [5.41, 5.74) is 4.35. The van der Waals surface area contributed by atoms with E-state index in [9.17, 15) is 4.79 Å². The fraction of sp³-hybridized carbons (Fsp3) is 0.174. The Kier molecular flexibility index (Phi) is 6.65. The quantitative estimate of drug-likeness (QED) is 0.470. The molecule has 0 radical (unpaired) electrons. The highest BCUT2D eigenvalue weighted by Crippen LogP contribution is 2.30. The lowest BCUT2D eigenvalue weighted by atomic mass is 10.1. The zero-order chi connectivity index (χ0) is 20.1. The van der Waals surface area contributed by atoms with Crippen molar-refractivity contribution in [3.05, 3.63) is 87.9 Å². The van der Waals surface area contributed by atoms with Gasteiger partial charge in [0.25, 0.3) is 5.91 Å². The summed E-state index contributed by atoms with van der Waals surface area (Å²) in [5.74, 6) is 1.31.